The molecule has 0 bridgehead atoms. The number of ketones is 1. The molecule has 0 atom stereocenters. The van der Waals surface area contributed by atoms with Gasteiger partial charge in [0.1, 0.15) is 0 Å². The predicted octanol–water partition coefficient (Wildman–Crippen LogP) is 3.50. The zero-order chi connectivity index (χ0) is 17.6. The van der Waals surface area contributed by atoms with Gasteiger partial charge in [0.25, 0.3) is 5.91 Å². The van der Waals surface area contributed by atoms with Crippen molar-refractivity contribution in [2.24, 2.45) is 0 Å². The third-order valence-corrected chi connectivity index (χ3v) is 3.86. The third-order valence-electron chi connectivity index (χ3n) is 3.62. The van der Waals surface area contributed by atoms with Gasteiger partial charge in [-0.25, -0.2) is 0 Å². The van der Waals surface area contributed by atoms with Crippen molar-refractivity contribution >= 4 is 29.0 Å². The highest BCUT2D eigenvalue weighted by atomic mass is 35.5. The van der Waals surface area contributed by atoms with Crippen LogP contribution in [-0.4, -0.2) is 11.7 Å². The number of carbonyl (C=O) groups excluding carboxylic acids is 2. The van der Waals surface area contributed by atoms with E-state index in [-0.39, 0.29) is 18.2 Å². The fraction of sp³-hybridized carbons (Fsp3) is 0.0500. The van der Waals surface area contributed by atoms with Crippen molar-refractivity contribution in [3.8, 4) is 0 Å². The van der Waals surface area contributed by atoms with Gasteiger partial charge >= 0.3 is 0 Å². The Balaban J connectivity index is 1.64. The number of nitrogens with zero attached hydrogens (tertiary/aromatic N) is 1. The summed E-state index contributed by atoms with van der Waals surface area (Å²) in [6.45, 7) is 0.145. The molecule has 0 fully saturated rings. The van der Waals surface area contributed by atoms with E-state index in [4.69, 9.17) is 11.6 Å². The van der Waals surface area contributed by atoms with Gasteiger partial charge in [-0.15, -0.1) is 0 Å². The minimum atomic E-state index is -0.172. The Labute approximate surface area is 150 Å². The number of aromatic nitrogens is 1. The van der Waals surface area contributed by atoms with Gasteiger partial charge in [-0.1, -0.05) is 48.0 Å². The molecule has 2 aromatic carbocycles. The van der Waals surface area contributed by atoms with E-state index in [9.17, 15) is 9.59 Å². The fourth-order valence-corrected chi connectivity index (χ4v) is 2.59. The lowest BCUT2D eigenvalue weighted by Gasteiger charge is -2.04. The molecule has 3 rings (SSSR count). The summed E-state index contributed by atoms with van der Waals surface area (Å²) in [5.74, 6) is -0.217. The summed E-state index contributed by atoms with van der Waals surface area (Å²) in [7, 11) is 0. The fourth-order valence-electron chi connectivity index (χ4n) is 2.40. The number of pyridine rings is 1. The van der Waals surface area contributed by atoms with Crippen LogP contribution in [0.2, 0.25) is 5.02 Å². The normalized spacial score (nSPS) is 10.3. The molecule has 4 nitrogen and oxygen atoms in total. The first-order chi connectivity index (χ1) is 12.1. The molecule has 0 saturated carbocycles. The van der Waals surface area contributed by atoms with Gasteiger partial charge in [-0.05, 0) is 18.2 Å². The number of hydrogen-bond donors (Lipinski definition) is 1. The number of amides is 1. The van der Waals surface area contributed by atoms with Crippen molar-refractivity contribution in [3.05, 3.63) is 95.3 Å². The molecule has 0 aliphatic rings. The van der Waals surface area contributed by atoms with Crippen LogP contribution in [0, 0.1) is 0 Å². The summed E-state index contributed by atoms with van der Waals surface area (Å²) < 4.78 is 1.71. The summed E-state index contributed by atoms with van der Waals surface area (Å²) >= 11 is 5.90. The topological polar surface area (TPSA) is 50.0 Å². The van der Waals surface area contributed by atoms with Crippen LogP contribution < -0.4 is 9.88 Å². The predicted molar refractivity (Wildman–Crippen MR) is 96.6 cm³/mol. The highest BCUT2D eigenvalue weighted by Gasteiger charge is 2.13. The van der Waals surface area contributed by atoms with Crippen molar-refractivity contribution in [3.63, 3.8) is 0 Å². The van der Waals surface area contributed by atoms with E-state index in [0.29, 0.717) is 21.8 Å². The standard InChI is InChI=1S/C20H15ClN2O2/c21-17-7-4-8-18(13-17)22-19(24)14-23-11-9-16(10-12-23)20(25)15-5-2-1-3-6-15/h1-13H,14H2/p+1. The Morgan fingerprint density at radius 1 is 0.880 bits per heavy atom. The first-order valence-electron chi connectivity index (χ1n) is 7.76. The summed E-state index contributed by atoms with van der Waals surface area (Å²) in [6, 6.07) is 19.5. The third kappa shape index (κ3) is 4.52. The monoisotopic (exact) mass is 351 g/mol. The van der Waals surface area contributed by atoms with E-state index in [2.05, 4.69) is 5.32 Å². The smallest absolute Gasteiger partial charge is 0.290 e. The summed E-state index contributed by atoms with van der Waals surface area (Å²) in [5, 5.41) is 3.35. The Morgan fingerprint density at radius 3 is 2.24 bits per heavy atom. The van der Waals surface area contributed by atoms with E-state index in [0.717, 1.165) is 0 Å². The lowest BCUT2D eigenvalue weighted by molar-refractivity contribution is -0.684. The largest absolute Gasteiger partial charge is 0.321 e. The molecule has 5 heteroatoms. The van der Waals surface area contributed by atoms with Gasteiger partial charge in [-0.3, -0.25) is 9.59 Å². The van der Waals surface area contributed by atoms with Crippen molar-refractivity contribution in [1.29, 1.82) is 0 Å². The van der Waals surface area contributed by atoms with Gasteiger partial charge in [0, 0.05) is 34.0 Å². The first kappa shape index (κ1) is 16.9. The second-order valence-corrected chi connectivity index (χ2v) is 5.95. The van der Waals surface area contributed by atoms with Crippen LogP contribution in [0.1, 0.15) is 15.9 Å². The second-order valence-electron chi connectivity index (χ2n) is 5.51. The van der Waals surface area contributed by atoms with Gasteiger partial charge in [0.15, 0.2) is 18.2 Å². The van der Waals surface area contributed by atoms with Crippen LogP contribution in [0.15, 0.2) is 79.1 Å². The SMILES string of the molecule is O=C(C[n+]1ccc(C(=O)c2ccccc2)cc1)Nc1cccc(Cl)c1. The lowest BCUT2D eigenvalue weighted by Crippen LogP contribution is -2.39. The minimum Gasteiger partial charge on any atom is -0.321 e. The van der Waals surface area contributed by atoms with Crippen LogP contribution in [0.25, 0.3) is 0 Å². The summed E-state index contributed by atoms with van der Waals surface area (Å²) in [5.41, 5.74) is 1.87. The van der Waals surface area contributed by atoms with E-state index < -0.39 is 0 Å². The molecular weight excluding hydrogens is 336 g/mol. The van der Waals surface area contributed by atoms with Gasteiger partial charge in [-0.2, -0.15) is 4.57 Å². The molecule has 0 spiro atoms. The van der Waals surface area contributed by atoms with Crippen LogP contribution in [0.5, 0.6) is 0 Å². The Hall–Kier alpha value is -2.98. The van der Waals surface area contributed by atoms with Crippen LogP contribution >= 0.6 is 11.6 Å². The number of rotatable bonds is 5. The quantitative estimate of drug-likeness (QED) is 0.565. The van der Waals surface area contributed by atoms with Crippen LogP contribution in [0.4, 0.5) is 5.69 Å². The highest BCUT2D eigenvalue weighted by Crippen LogP contribution is 2.14. The zero-order valence-electron chi connectivity index (χ0n) is 13.4. The molecule has 0 radical (unpaired) electrons. The lowest BCUT2D eigenvalue weighted by atomic mass is 10.0. The number of anilines is 1. The molecule has 0 unspecified atom stereocenters. The minimum absolute atomic E-state index is 0.0453. The summed E-state index contributed by atoms with van der Waals surface area (Å²) in [6.07, 6.45) is 3.43. The van der Waals surface area contributed by atoms with Gasteiger partial charge in [0.2, 0.25) is 6.54 Å². The zero-order valence-corrected chi connectivity index (χ0v) is 14.1. The molecule has 1 amide bonds. The Morgan fingerprint density at radius 2 is 1.56 bits per heavy atom. The van der Waals surface area contributed by atoms with Gasteiger partial charge in [0.05, 0.1) is 0 Å². The molecule has 1 aromatic heterocycles. The number of carbonyl (C=O) groups is 2. The van der Waals surface area contributed by atoms with E-state index in [1.807, 2.05) is 18.2 Å². The molecule has 3 aromatic rings. The number of nitrogens with one attached hydrogen (secondary N) is 1. The molecule has 1 N–H and O–H groups in total. The maximum atomic E-state index is 12.4. The van der Waals surface area contributed by atoms with Crippen molar-refractivity contribution in [2.75, 3.05) is 5.32 Å². The number of halogens is 1. The Bertz CT molecular complexity index is 893. The number of hydrogen-bond acceptors (Lipinski definition) is 2. The van der Waals surface area contributed by atoms with Crippen molar-refractivity contribution in [2.45, 2.75) is 6.54 Å². The molecule has 25 heavy (non-hydrogen) atoms. The molecule has 124 valence electrons. The highest BCUT2D eigenvalue weighted by molar-refractivity contribution is 6.30. The maximum Gasteiger partial charge on any atom is 0.290 e. The maximum absolute atomic E-state index is 12.4. The summed E-state index contributed by atoms with van der Waals surface area (Å²) in [4.78, 5) is 24.4. The molecule has 0 aliphatic carbocycles. The molecular formula is C20H16ClN2O2+. The molecule has 0 saturated heterocycles. The van der Waals surface area contributed by atoms with E-state index >= 15 is 0 Å². The van der Waals surface area contributed by atoms with Crippen molar-refractivity contribution in [1.82, 2.24) is 0 Å². The number of benzene rings is 2. The average molecular weight is 352 g/mol. The van der Waals surface area contributed by atoms with E-state index in [1.165, 1.54) is 0 Å². The Kier molecular flexibility index (Phi) is 5.21. The van der Waals surface area contributed by atoms with Crippen LogP contribution in [0.3, 0.4) is 0 Å². The molecule has 1 heterocycles. The van der Waals surface area contributed by atoms with Gasteiger partial charge < -0.3 is 5.32 Å². The van der Waals surface area contributed by atoms with Crippen molar-refractivity contribution < 1.29 is 14.2 Å². The second kappa shape index (κ2) is 7.73. The van der Waals surface area contributed by atoms with Crippen LogP contribution in [-0.2, 0) is 11.3 Å². The first-order valence-corrected chi connectivity index (χ1v) is 8.14. The van der Waals surface area contributed by atoms with E-state index in [1.54, 1.807) is 65.5 Å². The average Bonchev–Trinajstić information content (AvgIpc) is 2.62. The molecule has 0 aliphatic heterocycles.